The first-order valence-corrected chi connectivity index (χ1v) is 15.1. The molecule has 2 aliphatic heterocycles. The molecule has 2 saturated heterocycles. The Bertz CT molecular complexity index is 1610. The molecule has 2 fully saturated rings. The maximum absolute atomic E-state index is 13.8. The van der Waals surface area contributed by atoms with E-state index in [1.165, 1.54) is 21.6 Å². The average molecular weight is 583 g/mol. The Morgan fingerprint density at radius 3 is 2.74 bits per heavy atom. The second kappa shape index (κ2) is 11.6. The van der Waals surface area contributed by atoms with E-state index in [0.29, 0.717) is 37.6 Å². The van der Waals surface area contributed by atoms with Gasteiger partial charge in [0.05, 0.1) is 5.52 Å². The number of nitrogens with zero attached hydrogens (tertiary/aromatic N) is 6. The zero-order valence-corrected chi connectivity index (χ0v) is 25.3. The highest BCUT2D eigenvalue weighted by atomic mass is 19.1. The summed E-state index contributed by atoms with van der Waals surface area (Å²) in [5, 5.41) is 0.873. The predicted molar refractivity (Wildman–Crippen MR) is 167 cm³/mol. The molecule has 1 aromatic heterocycles. The number of fused-ring (bicyclic) bond motifs is 2. The number of piperazine rings is 1. The number of ether oxygens (including phenoxy) is 1. The van der Waals surface area contributed by atoms with Gasteiger partial charge in [-0.2, -0.15) is 9.97 Å². The fourth-order valence-corrected chi connectivity index (χ4v) is 6.99. The van der Waals surface area contributed by atoms with E-state index in [2.05, 4.69) is 78.5 Å². The molecule has 43 heavy (non-hydrogen) atoms. The molecule has 0 spiro atoms. The van der Waals surface area contributed by atoms with Crippen LogP contribution in [0.1, 0.15) is 37.8 Å². The number of carbonyl (C=O) groups excluding carboxylic acids is 1. The first kappa shape index (κ1) is 29.1. The maximum atomic E-state index is 13.8. The van der Waals surface area contributed by atoms with Gasteiger partial charge in [0, 0.05) is 31.1 Å². The van der Waals surface area contributed by atoms with Crippen molar-refractivity contribution in [3.63, 3.8) is 0 Å². The smallest absolute Gasteiger partial charge is 0.319 e. The van der Waals surface area contributed by atoms with Gasteiger partial charge in [-0.15, -0.1) is 0 Å². The van der Waals surface area contributed by atoms with Crippen LogP contribution in [-0.2, 0) is 17.6 Å². The van der Waals surface area contributed by atoms with E-state index in [-0.39, 0.29) is 18.5 Å². The summed E-state index contributed by atoms with van der Waals surface area (Å²) in [7, 11) is 2.12. The Morgan fingerprint density at radius 1 is 1.16 bits per heavy atom. The zero-order chi connectivity index (χ0) is 30.3. The van der Waals surface area contributed by atoms with Gasteiger partial charge in [-0.1, -0.05) is 44.7 Å². The quantitative estimate of drug-likeness (QED) is 0.278. The zero-order valence-electron chi connectivity index (χ0n) is 25.3. The number of aromatic nitrogens is 2. The molecule has 1 amide bonds. The second-order valence-corrected chi connectivity index (χ2v) is 13.0. The molecule has 2 atom stereocenters. The molecule has 9 heteroatoms. The van der Waals surface area contributed by atoms with Gasteiger partial charge in [0.1, 0.15) is 18.5 Å². The van der Waals surface area contributed by atoms with E-state index >= 15 is 0 Å². The van der Waals surface area contributed by atoms with Crippen LogP contribution < -0.4 is 9.64 Å². The monoisotopic (exact) mass is 582 g/mol. The number of carbonyl (C=O) groups is 1. The first-order chi connectivity index (χ1) is 20.6. The van der Waals surface area contributed by atoms with Crippen molar-refractivity contribution in [3.8, 4) is 17.1 Å². The highest BCUT2D eigenvalue weighted by molar-refractivity contribution is 5.94. The van der Waals surface area contributed by atoms with E-state index in [4.69, 9.17) is 21.3 Å². The van der Waals surface area contributed by atoms with Crippen LogP contribution in [0.4, 0.5) is 10.2 Å². The van der Waals surface area contributed by atoms with Gasteiger partial charge in [-0.05, 0) is 79.1 Å². The molecular formula is C34H39FN6O2. The minimum Gasteiger partial charge on any atom is -0.462 e. The number of amides is 1. The Kier molecular flexibility index (Phi) is 7.82. The average Bonchev–Trinajstić information content (AvgIpc) is 3.54. The Morgan fingerprint density at radius 2 is 2.00 bits per heavy atom. The molecule has 0 radical (unpaired) electrons. The third kappa shape index (κ3) is 5.81. The Balaban J connectivity index is 1.38. The molecule has 3 aliphatic rings. The van der Waals surface area contributed by atoms with Crippen molar-refractivity contribution in [2.24, 2.45) is 5.41 Å². The number of halogens is 1. The van der Waals surface area contributed by atoms with Crippen LogP contribution in [0.15, 0.2) is 48.8 Å². The van der Waals surface area contributed by atoms with Crippen molar-refractivity contribution in [1.29, 1.82) is 0 Å². The van der Waals surface area contributed by atoms with Crippen molar-refractivity contribution < 1.29 is 13.9 Å². The molecule has 224 valence electrons. The number of hydrogen-bond acceptors (Lipinski definition) is 6. The van der Waals surface area contributed by atoms with Crippen LogP contribution in [0.3, 0.4) is 0 Å². The van der Waals surface area contributed by atoms with Crippen molar-refractivity contribution >= 4 is 22.6 Å². The fourth-order valence-electron chi connectivity index (χ4n) is 6.99. The molecule has 6 rings (SSSR count). The molecule has 1 aliphatic carbocycles. The van der Waals surface area contributed by atoms with Gasteiger partial charge in [0.25, 0.3) is 5.91 Å². The lowest BCUT2D eigenvalue weighted by molar-refractivity contribution is -0.131. The highest BCUT2D eigenvalue weighted by Gasteiger charge is 2.35. The molecule has 0 saturated carbocycles. The van der Waals surface area contributed by atoms with Crippen molar-refractivity contribution in [2.45, 2.75) is 51.6 Å². The third-order valence-electron chi connectivity index (χ3n) is 9.22. The minimum atomic E-state index is -1.01. The van der Waals surface area contributed by atoms with Gasteiger partial charge >= 0.3 is 6.01 Å². The van der Waals surface area contributed by atoms with Gasteiger partial charge < -0.3 is 24.3 Å². The summed E-state index contributed by atoms with van der Waals surface area (Å²) in [4.78, 5) is 31.6. The molecule has 3 heterocycles. The topological polar surface area (TPSA) is 66.2 Å². The Labute approximate surface area is 253 Å². The fraction of sp³-hybridized carbons (Fsp3) is 0.471. The lowest BCUT2D eigenvalue weighted by Gasteiger charge is -2.39. The maximum Gasteiger partial charge on any atom is 0.319 e. The molecular weight excluding hydrogens is 543 g/mol. The van der Waals surface area contributed by atoms with E-state index in [1.54, 1.807) is 0 Å². The van der Waals surface area contributed by atoms with Gasteiger partial charge in [-0.3, -0.25) is 4.79 Å². The SMILES string of the molecule is [C-]#[N+]C[C@H]1CN(c2nc(OC[C@@H]3CCCN3C)nc3cc(-c4cccc5c4CC(C)(C)C5)ccc23)CCN1C(=O)C(=C)F. The van der Waals surface area contributed by atoms with E-state index in [1.807, 2.05) is 0 Å². The lowest BCUT2D eigenvalue weighted by Crippen LogP contribution is -2.56. The standard InChI is InChI=1S/C34H39FN6O2/c1-22(35)32(42)41-15-14-40(20-26(41)19-36-4)31-28-12-11-23(27-10-6-8-24-17-34(2,3)18-29(24)27)16-30(28)37-33(38-31)43-21-25-9-7-13-39(25)5/h6,8,10-12,16,25-26H,1,7,9,13-15,17-21H2,2-3,5H3/t25-,26-/m0/s1. The van der Waals surface area contributed by atoms with Crippen molar-refractivity contribution in [1.82, 2.24) is 19.8 Å². The summed E-state index contributed by atoms with van der Waals surface area (Å²) in [5.74, 6) is -1.06. The molecule has 2 aromatic carbocycles. The third-order valence-corrected chi connectivity index (χ3v) is 9.22. The molecule has 0 unspecified atom stereocenters. The number of anilines is 1. The van der Waals surface area contributed by atoms with Crippen LogP contribution >= 0.6 is 0 Å². The predicted octanol–water partition coefficient (Wildman–Crippen LogP) is 5.31. The number of benzene rings is 2. The molecule has 0 N–H and O–H groups in total. The summed E-state index contributed by atoms with van der Waals surface area (Å²) in [6.07, 6.45) is 4.32. The highest BCUT2D eigenvalue weighted by Crippen LogP contribution is 2.42. The lowest BCUT2D eigenvalue weighted by atomic mass is 9.89. The minimum absolute atomic E-state index is 0.0650. The Hall–Kier alpha value is -4.03. The second-order valence-electron chi connectivity index (χ2n) is 13.0. The van der Waals surface area contributed by atoms with E-state index in [9.17, 15) is 9.18 Å². The van der Waals surface area contributed by atoms with Gasteiger partial charge in [-0.25, -0.2) is 11.0 Å². The van der Waals surface area contributed by atoms with Crippen LogP contribution in [0.5, 0.6) is 6.01 Å². The number of hydrogen-bond donors (Lipinski definition) is 0. The van der Waals surface area contributed by atoms with Crippen LogP contribution in [0, 0.1) is 12.0 Å². The van der Waals surface area contributed by atoms with Gasteiger partial charge in [0.15, 0.2) is 5.83 Å². The van der Waals surface area contributed by atoms with Crippen LogP contribution in [0.2, 0.25) is 0 Å². The van der Waals surface area contributed by atoms with Crippen LogP contribution in [-0.4, -0.2) is 84.1 Å². The molecule has 0 bridgehead atoms. The van der Waals surface area contributed by atoms with Crippen molar-refractivity contribution in [3.05, 3.63) is 71.3 Å². The van der Waals surface area contributed by atoms with Crippen molar-refractivity contribution in [2.75, 3.05) is 51.3 Å². The number of likely N-dealkylation sites (N-methyl/N-ethyl adjacent to an activating group) is 1. The molecule has 8 nitrogen and oxygen atoms in total. The number of likely N-dealkylation sites (tertiary alicyclic amines) is 1. The largest absolute Gasteiger partial charge is 0.462 e. The first-order valence-electron chi connectivity index (χ1n) is 15.1. The van der Waals surface area contributed by atoms with E-state index < -0.39 is 17.8 Å². The summed E-state index contributed by atoms with van der Waals surface area (Å²) in [5.41, 5.74) is 6.17. The summed E-state index contributed by atoms with van der Waals surface area (Å²) in [6, 6.07) is 13.0. The molecule has 3 aromatic rings. The summed E-state index contributed by atoms with van der Waals surface area (Å²) in [6.45, 7) is 17.9. The normalized spacial score (nSPS) is 21.6. The summed E-state index contributed by atoms with van der Waals surface area (Å²) >= 11 is 0. The van der Waals surface area contributed by atoms with Crippen LogP contribution in [0.25, 0.3) is 26.9 Å². The van der Waals surface area contributed by atoms with Gasteiger partial charge in [0.2, 0.25) is 6.54 Å². The van der Waals surface area contributed by atoms with E-state index in [0.717, 1.165) is 48.7 Å². The summed E-state index contributed by atoms with van der Waals surface area (Å²) < 4.78 is 20.0. The number of rotatable bonds is 7.